The van der Waals surface area contributed by atoms with Crippen LogP contribution in [0.4, 0.5) is 11.4 Å². The van der Waals surface area contributed by atoms with Crippen molar-refractivity contribution in [3.05, 3.63) is 139 Å². The number of nitrogens with one attached hydrogen (secondary N) is 1. The lowest BCUT2D eigenvalue weighted by atomic mass is 9.59. The first kappa shape index (κ1) is 32.3. The van der Waals surface area contributed by atoms with Gasteiger partial charge in [-0.25, -0.2) is 0 Å². The van der Waals surface area contributed by atoms with E-state index in [0.29, 0.717) is 0 Å². The Labute approximate surface area is 320 Å². The summed E-state index contributed by atoms with van der Waals surface area (Å²) in [4.78, 5) is 0. The van der Waals surface area contributed by atoms with Crippen LogP contribution in [-0.2, 0) is 10.8 Å². The largest absolute Gasteiger partial charge is 0.456 e. The number of hydrogen-bond acceptors (Lipinski definition) is 3. The SMILES string of the molecule is CC(C)(C)c1ccc(Nc2ccc(C(C)(C)C)cc2-c2ccc3c4cc5oc6ccccc6c5cc4n4c3c2[B]c2cc3c(cc2-4)oc2ccccc23)cc1. The van der Waals surface area contributed by atoms with Crippen LogP contribution in [0.25, 0.3) is 82.5 Å². The first-order valence-electron chi connectivity index (χ1n) is 19.2. The number of para-hydroxylation sites is 2. The minimum atomic E-state index is -0.0288. The summed E-state index contributed by atoms with van der Waals surface area (Å²) in [5.74, 6) is 0. The van der Waals surface area contributed by atoms with Crippen molar-refractivity contribution in [1.29, 1.82) is 0 Å². The van der Waals surface area contributed by atoms with Gasteiger partial charge in [0.15, 0.2) is 7.28 Å². The third-order valence-corrected chi connectivity index (χ3v) is 11.7. The summed E-state index contributed by atoms with van der Waals surface area (Å²) in [5.41, 5.74) is 16.6. The van der Waals surface area contributed by atoms with E-state index in [0.717, 1.165) is 71.9 Å². The van der Waals surface area contributed by atoms with Crippen LogP contribution in [0.3, 0.4) is 0 Å². The van der Waals surface area contributed by atoms with E-state index in [2.05, 4.69) is 174 Å². The van der Waals surface area contributed by atoms with Gasteiger partial charge in [-0.3, -0.25) is 0 Å². The smallest absolute Gasteiger partial charge is 0.197 e. The summed E-state index contributed by atoms with van der Waals surface area (Å²) in [7, 11) is 2.40. The summed E-state index contributed by atoms with van der Waals surface area (Å²) in [6, 6.07) is 46.3. The van der Waals surface area contributed by atoms with Crippen LogP contribution < -0.4 is 16.2 Å². The van der Waals surface area contributed by atoms with Gasteiger partial charge in [0, 0.05) is 66.5 Å². The molecular formula is C50H40BN2O2. The monoisotopic (exact) mass is 711 g/mol. The zero-order valence-corrected chi connectivity index (χ0v) is 32.0. The predicted octanol–water partition coefficient (Wildman–Crippen LogP) is 12.6. The maximum Gasteiger partial charge on any atom is 0.197 e. The minimum absolute atomic E-state index is 0.0288. The molecule has 0 amide bonds. The molecule has 0 spiro atoms. The Morgan fingerprint density at radius 2 is 1.15 bits per heavy atom. The molecule has 1 aliphatic rings. The topological polar surface area (TPSA) is 43.2 Å². The molecule has 0 saturated carbocycles. The third-order valence-electron chi connectivity index (χ3n) is 11.7. The van der Waals surface area contributed by atoms with Crippen LogP contribution in [0.2, 0.25) is 0 Å². The van der Waals surface area contributed by atoms with Crippen molar-refractivity contribution >= 4 is 95.3 Å². The highest BCUT2D eigenvalue weighted by atomic mass is 16.3. The second kappa shape index (κ2) is 11.2. The van der Waals surface area contributed by atoms with E-state index >= 15 is 0 Å². The fourth-order valence-corrected chi connectivity index (χ4v) is 8.77. The molecule has 0 bridgehead atoms. The highest BCUT2D eigenvalue weighted by Crippen LogP contribution is 2.42. The zero-order chi connectivity index (χ0) is 37.4. The molecule has 7 aromatic carbocycles. The molecular weight excluding hydrogens is 671 g/mol. The fourth-order valence-electron chi connectivity index (χ4n) is 8.77. The summed E-state index contributed by atoms with van der Waals surface area (Å²) < 4.78 is 15.4. The Morgan fingerprint density at radius 3 is 1.84 bits per heavy atom. The van der Waals surface area contributed by atoms with E-state index in [-0.39, 0.29) is 10.8 Å². The van der Waals surface area contributed by atoms with Crippen LogP contribution >= 0.6 is 0 Å². The number of anilines is 2. The molecule has 0 saturated heterocycles. The minimum Gasteiger partial charge on any atom is -0.456 e. The van der Waals surface area contributed by atoms with E-state index in [1.54, 1.807) is 0 Å². The molecule has 3 aromatic heterocycles. The first-order chi connectivity index (χ1) is 26.5. The van der Waals surface area contributed by atoms with Crippen LogP contribution in [-0.4, -0.2) is 11.8 Å². The van der Waals surface area contributed by atoms with Gasteiger partial charge in [-0.15, -0.1) is 0 Å². The average Bonchev–Trinajstić information content (AvgIpc) is 3.82. The van der Waals surface area contributed by atoms with Crippen molar-refractivity contribution in [3.63, 3.8) is 0 Å². The number of nitrogens with zero attached hydrogens (tertiary/aromatic N) is 1. The Bertz CT molecular complexity index is 3220. The molecule has 11 rings (SSSR count). The van der Waals surface area contributed by atoms with Crippen molar-refractivity contribution in [3.8, 4) is 16.8 Å². The number of furan rings is 2. The van der Waals surface area contributed by atoms with E-state index in [9.17, 15) is 0 Å². The van der Waals surface area contributed by atoms with E-state index in [4.69, 9.17) is 8.83 Å². The first-order valence-corrected chi connectivity index (χ1v) is 19.2. The number of aromatic nitrogens is 1. The zero-order valence-electron chi connectivity index (χ0n) is 32.0. The maximum absolute atomic E-state index is 6.49. The molecule has 5 heteroatoms. The molecule has 1 N–H and O–H groups in total. The van der Waals surface area contributed by atoms with Gasteiger partial charge >= 0.3 is 0 Å². The van der Waals surface area contributed by atoms with Gasteiger partial charge in [-0.05, 0) is 81.5 Å². The van der Waals surface area contributed by atoms with Crippen molar-refractivity contribution in [2.75, 3.05) is 5.32 Å². The number of fused-ring (bicyclic) bond motifs is 11. The van der Waals surface area contributed by atoms with E-state index in [1.165, 1.54) is 44.0 Å². The Morgan fingerprint density at radius 1 is 0.509 bits per heavy atom. The summed E-state index contributed by atoms with van der Waals surface area (Å²) in [5, 5.41) is 10.7. The molecule has 265 valence electrons. The molecule has 55 heavy (non-hydrogen) atoms. The van der Waals surface area contributed by atoms with Crippen molar-refractivity contribution in [1.82, 2.24) is 4.57 Å². The molecule has 0 aliphatic carbocycles. The van der Waals surface area contributed by atoms with Crippen LogP contribution in [0.1, 0.15) is 52.7 Å². The Kier molecular flexibility index (Phi) is 6.55. The lowest BCUT2D eigenvalue weighted by Crippen LogP contribution is -2.37. The second-order valence-corrected chi connectivity index (χ2v) is 17.3. The van der Waals surface area contributed by atoms with E-state index in [1.807, 2.05) is 12.1 Å². The second-order valence-electron chi connectivity index (χ2n) is 17.3. The molecule has 4 nitrogen and oxygen atoms in total. The standard InChI is InChI=1S/C50H40BN2O2/c1-49(2,3)28-15-18-30(19-16-28)52-40-22-17-29(50(4,5)6)23-35(40)33-20-21-34-36-26-45-38(32-12-8-10-14-44(32)54-45)25-41(36)53-42-27-46-37(24-39(42)51-47(33)48(34)53)31-11-7-9-13-43(31)55-46/h7-27,52H,1-6H3. The van der Waals surface area contributed by atoms with Gasteiger partial charge < -0.3 is 18.7 Å². The molecule has 1 radical (unpaired) electrons. The highest BCUT2D eigenvalue weighted by Gasteiger charge is 2.29. The summed E-state index contributed by atoms with van der Waals surface area (Å²) in [6.45, 7) is 13.6. The van der Waals surface area contributed by atoms with Crippen molar-refractivity contribution in [2.24, 2.45) is 0 Å². The average molecular weight is 712 g/mol. The molecule has 10 aromatic rings. The normalized spacial score (nSPS) is 13.1. The van der Waals surface area contributed by atoms with Gasteiger partial charge in [0.05, 0.1) is 5.52 Å². The molecule has 0 unspecified atom stereocenters. The Hall–Kier alpha value is -6.20. The molecule has 0 atom stereocenters. The lowest BCUT2D eigenvalue weighted by molar-refractivity contribution is 0.590. The third kappa shape index (κ3) is 4.85. The fraction of sp³-hybridized carbons (Fsp3) is 0.160. The highest BCUT2D eigenvalue weighted by molar-refractivity contribution is 6.73. The van der Waals surface area contributed by atoms with Gasteiger partial charge in [-0.1, -0.05) is 120 Å². The van der Waals surface area contributed by atoms with Gasteiger partial charge in [0.1, 0.15) is 22.3 Å². The van der Waals surface area contributed by atoms with Crippen LogP contribution in [0, 0.1) is 0 Å². The van der Waals surface area contributed by atoms with Crippen molar-refractivity contribution < 1.29 is 8.83 Å². The summed E-state index contributed by atoms with van der Waals surface area (Å²) in [6.07, 6.45) is 0. The number of benzene rings is 7. The van der Waals surface area contributed by atoms with Crippen LogP contribution in [0.5, 0.6) is 0 Å². The van der Waals surface area contributed by atoms with Gasteiger partial charge in [0.25, 0.3) is 0 Å². The summed E-state index contributed by atoms with van der Waals surface area (Å²) >= 11 is 0. The quantitative estimate of drug-likeness (QED) is 0.186. The van der Waals surface area contributed by atoms with Gasteiger partial charge in [-0.2, -0.15) is 0 Å². The predicted molar refractivity (Wildman–Crippen MR) is 233 cm³/mol. The number of rotatable bonds is 3. The maximum atomic E-state index is 6.49. The van der Waals surface area contributed by atoms with Gasteiger partial charge in [0.2, 0.25) is 0 Å². The molecule has 0 fully saturated rings. The Balaban J connectivity index is 1.20. The number of hydrogen-bond donors (Lipinski definition) is 1. The van der Waals surface area contributed by atoms with E-state index < -0.39 is 0 Å². The molecule has 4 heterocycles. The molecule has 1 aliphatic heterocycles. The lowest BCUT2D eigenvalue weighted by Gasteiger charge is -2.26. The van der Waals surface area contributed by atoms with Crippen LogP contribution in [0.15, 0.2) is 136 Å². The van der Waals surface area contributed by atoms with Crippen molar-refractivity contribution in [2.45, 2.75) is 52.4 Å².